The van der Waals surface area contributed by atoms with Crippen molar-refractivity contribution in [2.75, 3.05) is 0 Å². The Labute approximate surface area is 71.7 Å². The number of rotatable bonds is 3. The Morgan fingerprint density at radius 1 is 1.33 bits per heavy atom. The second kappa shape index (κ2) is 4.34. The zero-order valence-electron chi connectivity index (χ0n) is 6.70. The van der Waals surface area contributed by atoms with Gasteiger partial charge in [-0.05, 0) is 24.1 Å². The zero-order valence-corrected chi connectivity index (χ0v) is 6.70. The third-order valence-electron chi connectivity index (χ3n) is 1.56. The first kappa shape index (κ1) is 8.53. The van der Waals surface area contributed by atoms with Crippen molar-refractivity contribution >= 4 is 6.21 Å². The highest BCUT2D eigenvalue weighted by molar-refractivity contribution is 5.67. The molecular formula is C10H11NO. The fourth-order valence-corrected chi connectivity index (χ4v) is 0.946. The molecule has 1 aromatic rings. The van der Waals surface area contributed by atoms with Gasteiger partial charge in [-0.15, -0.1) is 0 Å². The largest absolute Gasteiger partial charge is 0.508 e. The molecule has 2 N–H and O–H groups in total. The van der Waals surface area contributed by atoms with Gasteiger partial charge in [-0.25, -0.2) is 0 Å². The van der Waals surface area contributed by atoms with E-state index in [9.17, 15) is 5.11 Å². The van der Waals surface area contributed by atoms with Gasteiger partial charge in [0.15, 0.2) is 0 Å². The lowest BCUT2D eigenvalue weighted by atomic mass is 10.1. The first-order chi connectivity index (χ1) is 5.84. The van der Waals surface area contributed by atoms with E-state index in [0.717, 1.165) is 5.56 Å². The maximum Gasteiger partial charge on any atom is 0.119 e. The molecule has 0 spiro atoms. The molecule has 0 fully saturated rings. The fourth-order valence-electron chi connectivity index (χ4n) is 0.946. The Bertz CT molecular complexity index is 292. The first-order valence-electron chi connectivity index (χ1n) is 3.77. The molecule has 0 bridgehead atoms. The van der Waals surface area contributed by atoms with Gasteiger partial charge in [0.05, 0.1) is 0 Å². The summed E-state index contributed by atoms with van der Waals surface area (Å²) in [4.78, 5) is 0. The molecular weight excluding hydrogens is 150 g/mol. The molecule has 0 aromatic heterocycles. The molecule has 0 atom stereocenters. The van der Waals surface area contributed by atoms with E-state index in [1.165, 1.54) is 6.21 Å². The van der Waals surface area contributed by atoms with E-state index in [0.29, 0.717) is 12.2 Å². The summed E-state index contributed by atoms with van der Waals surface area (Å²) in [7, 11) is 0. The molecule has 0 saturated carbocycles. The minimum absolute atomic E-state index is 0.312. The summed E-state index contributed by atoms with van der Waals surface area (Å²) in [5.74, 6) is 0.312. The predicted octanol–water partition coefficient (Wildman–Crippen LogP) is 2.14. The lowest BCUT2D eigenvalue weighted by Crippen LogP contribution is -1.80. The summed E-state index contributed by atoms with van der Waals surface area (Å²) in [5.41, 5.74) is 0.885. The maximum atomic E-state index is 9.32. The van der Waals surface area contributed by atoms with Crippen LogP contribution in [0.15, 0.2) is 36.4 Å². The first-order valence-corrected chi connectivity index (χ1v) is 3.77. The fraction of sp³-hybridized carbons (Fsp3) is 0.100. The van der Waals surface area contributed by atoms with E-state index >= 15 is 0 Å². The van der Waals surface area contributed by atoms with E-state index in [4.69, 9.17) is 5.41 Å². The molecule has 12 heavy (non-hydrogen) atoms. The monoisotopic (exact) mass is 161 g/mol. The smallest absolute Gasteiger partial charge is 0.119 e. The van der Waals surface area contributed by atoms with Crippen LogP contribution in [0.2, 0.25) is 0 Å². The van der Waals surface area contributed by atoms with Crippen LogP contribution < -0.4 is 0 Å². The average Bonchev–Trinajstić information content (AvgIpc) is 2.09. The van der Waals surface area contributed by atoms with Crippen LogP contribution in [0.25, 0.3) is 0 Å². The Balaban J connectivity index is 2.69. The number of nitrogens with one attached hydrogen (secondary N) is 1. The van der Waals surface area contributed by atoms with E-state index in [1.54, 1.807) is 18.2 Å². The van der Waals surface area contributed by atoms with Gasteiger partial charge in [0, 0.05) is 6.21 Å². The highest BCUT2D eigenvalue weighted by atomic mass is 16.3. The van der Waals surface area contributed by atoms with Crippen LogP contribution in [0.5, 0.6) is 5.75 Å². The number of hydrogen-bond acceptors (Lipinski definition) is 2. The van der Waals surface area contributed by atoms with Crippen LogP contribution in [0.3, 0.4) is 0 Å². The molecule has 0 amide bonds. The molecule has 0 unspecified atom stereocenters. The predicted molar refractivity (Wildman–Crippen MR) is 49.7 cm³/mol. The topological polar surface area (TPSA) is 44.1 Å². The SMILES string of the molecule is N=C/C=C\Cc1ccccc1O. The van der Waals surface area contributed by atoms with Gasteiger partial charge in [0.2, 0.25) is 0 Å². The van der Waals surface area contributed by atoms with E-state index in [1.807, 2.05) is 18.2 Å². The second-order valence-corrected chi connectivity index (χ2v) is 2.43. The summed E-state index contributed by atoms with van der Waals surface area (Å²) in [5, 5.41) is 16.1. The van der Waals surface area contributed by atoms with E-state index < -0.39 is 0 Å². The molecule has 2 nitrogen and oxygen atoms in total. The minimum Gasteiger partial charge on any atom is -0.508 e. The number of hydrogen-bond donors (Lipinski definition) is 2. The molecule has 1 aromatic carbocycles. The number of phenols is 1. The van der Waals surface area contributed by atoms with Gasteiger partial charge >= 0.3 is 0 Å². The quantitative estimate of drug-likeness (QED) is 0.655. The summed E-state index contributed by atoms with van der Waals surface area (Å²) >= 11 is 0. The Morgan fingerprint density at radius 2 is 2.08 bits per heavy atom. The minimum atomic E-state index is 0.312. The number of allylic oxidation sites excluding steroid dienone is 2. The molecule has 1 rings (SSSR count). The van der Waals surface area contributed by atoms with Crippen molar-refractivity contribution in [1.29, 1.82) is 5.41 Å². The summed E-state index contributed by atoms with van der Waals surface area (Å²) < 4.78 is 0. The maximum absolute atomic E-state index is 9.32. The van der Waals surface area contributed by atoms with Crippen LogP contribution >= 0.6 is 0 Å². The number of phenolic OH excluding ortho intramolecular Hbond substituents is 1. The summed E-state index contributed by atoms with van der Waals surface area (Å²) in [6.45, 7) is 0. The number of benzene rings is 1. The van der Waals surface area contributed by atoms with Crippen LogP contribution in [-0.2, 0) is 6.42 Å². The standard InChI is InChI=1S/C10H11NO/c11-8-4-3-6-9-5-1-2-7-10(9)12/h1-5,7-8,11-12H,6H2/b4-3-,11-8?. The van der Waals surface area contributed by atoms with Crippen molar-refractivity contribution in [2.45, 2.75) is 6.42 Å². The molecule has 62 valence electrons. The van der Waals surface area contributed by atoms with Gasteiger partial charge in [0.1, 0.15) is 5.75 Å². The third kappa shape index (κ3) is 2.23. The van der Waals surface area contributed by atoms with Crippen molar-refractivity contribution in [3.05, 3.63) is 42.0 Å². The molecule has 0 aliphatic rings. The van der Waals surface area contributed by atoms with Gasteiger partial charge in [-0.3, -0.25) is 0 Å². The third-order valence-corrected chi connectivity index (χ3v) is 1.56. The second-order valence-electron chi connectivity index (χ2n) is 2.43. The molecule has 0 saturated heterocycles. The highest BCUT2D eigenvalue weighted by Gasteiger charge is 1.94. The van der Waals surface area contributed by atoms with E-state index in [2.05, 4.69) is 0 Å². The van der Waals surface area contributed by atoms with E-state index in [-0.39, 0.29) is 0 Å². The van der Waals surface area contributed by atoms with Gasteiger partial charge in [-0.1, -0.05) is 24.3 Å². The van der Waals surface area contributed by atoms with Crippen LogP contribution in [0.1, 0.15) is 5.56 Å². The Kier molecular flexibility index (Phi) is 3.08. The molecule has 0 aliphatic carbocycles. The molecule has 0 radical (unpaired) electrons. The van der Waals surface area contributed by atoms with Gasteiger partial charge in [-0.2, -0.15) is 0 Å². The normalized spacial score (nSPS) is 10.3. The Morgan fingerprint density at radius 3 is 2.75 bits per heavy atom. The summed E-state index contributed by atoms with van der Waals surface area (Å²) in [6.07, 6.45) is 5.37. The van der Waals surface area contributed by atoms with Gasteiger partial charge < -0.3 is 10.5 Å². The van der Waals surface area contributed by atoms with Crippen molar-refractivity contribution in [3.63, 3.8) is 0 Å². The average molecular weight is 161 g/mol. The number of para-hydroxylation sites is 1. The van der Waals surface area contributed by atoms with Crippen LogP contribution in [0.4, 0.5) is 0 Å². The van der Waals surface area contributed by atoms with Crippen molar-refractivity contribution < 1.29 is 5.11 Å². The molecule has 0 aliphatic heterocycles. The van der Waals surface area contributed by atoms with Crippen molar-refractivity contribution in [3.8, 4) is 5.75 Å². The lowest BCUT2D eigenvalue weighted by Gasteiger charge is -1.98. The zero-order chi connectivity index (χ0) is 8.81. The summed E-state index contributed by atoms with van der Waals surface area (Å²) in [6, 6.07) is 7.20. The highest BCUT2D eigenvalue weighted by Crippen LogP contribution is 2.15. The van der Waals surface area contributed by atoms with Crippen molar-refractivity contribution in [1.82, 2.24) is 0 Å². The molecule has 0 heterocycles. The lowest BCUT2D eigenvalue weighted by molar-refractivity contribution is 0.470. The van der Waals surface area contributed by atoms with Crippen LogP contribution in [-0.4, -0.2) is 11.3 Å². The van der Waals surface area contributed by atoms with Gasteiger partial charge in [0.25, 0.3) is 0 Å². The molecule has 2 heteroatoms. The van der Waals surface area contributed by atoms with Crippen molar-refractivity contribution in [2.24, 2.45) is 0 Å². The Hall–Kier alpha value is -1.57. The number of aromatic hydroxyl groups is 1. The van der Waals surface area contributed by atoms with Crippen LogP contribution in [0, 0.1) is 5.41 Å².